The highest BCUT2D eigenvalue weighted by Gasteiger charge is 2.23. The molecule has 0 aromatic rings. The second-order valence-corrected chi connectivity index (χ2v) is 4.40. The lowest BCUT2D eigenvalue weighted by Gasteiger charge is -2.17. The van der Waals surface area contributed by atoms with Gasteiger partial charge in [0.05, 0.1) is 13.2 Å². The smallest absolute Gasteiger partial charge is 0.330 e. The second kappa shape index (κ2) is 10.3. The molecule has 124 valence electrons. The van der Waals surface area contributed by atoms with Crippen LogP contribution in [-0.2, 0) is 23.9 Å². The molecule has 0 saturated carbocycles. The van der Waals surface area contributed by atoms with Crippen LogP contribution in [-0.4, -0.2) is 54.6 Å². The molecule has 9 nitrogen and oxygen atoms in total. The van der Waals surface area contributed by atoms with E-state index in [1.54, 1.807) is 0 Å². The van der Waals surface area contributed by atoms with E-state index in [0.717, 1.165) is 19.3 Å². The highest BCUT2D eigenvalue weighted by molar-refractivity contribution is 5.95. The van der Waals surface area contributed by atoms with E-state index in [4.69, 9.17) is 10.8 Å². The lowest BCUT2D eigenvalue weighted by Crippen LogP contribution is -2.52. The molecule has 0 aliphatic heterocycles. The van der Waals surface area contributed by atoms with E-state index in [1.165, 1.54) is 0 Å². The number of amides is 2. The zero-order valence-corrected chi connectivity index (χ0v) is 12.5. The second-order valence-electron chi connectivity index (χ2n) is 4.40. The molecule has 0 aromatic carbocycles. The molecule has 0 aliphatic rings. The molecular weight excluding hydrogens is 294 g/mol. The number of nitrogens with one attached hydrogen (secondary N) is 2. The van der Waals surface area contributed by atoms with Crippen LogP contribution in [0.3, 0.4) is 0 Å². The number of carboxylic acid groups (broad SMARTS) is 1. The van der Waals surface area contributed by atoms with E-state index in [2.05, 4.69) is 15.4 Å². The number of carbonyl (C=O) groups is 4. The Morgan fingerprint density at radius 3 is 2.41 bits per heavy atom. The fourth-order valence-electron chi connectivity index (χ4n) is 1.39. The summed E-state index contributed by atoms with van der Waals surface area (Å²) in [6, 6.07) is -2.12. The highest BCUT2D eigenvalue weighted by Crippen LogP contribution is 1.94. The molecule has 9 heteroatoms. The summed E-state index contributed by atoms with van der Waals surface area (Å²) in [5.41, 5.74) is 5.57. The first-order chi connectivity index (χ1) is 10.3. The first-order valence-electron chi connectivity index (χ1n) is 6.64. The third-order valence-corrected chi connectivity index (χ3v) is 2.60. The van der Waals surface area contributed by atoms with Gasteiger partial charge in [0.1, 0.15) is 6.04 Å². The van der Waals surface area contributed by atoms with Crippen LogP contribution < -0.4 is 16.4 Å². The number of nitrogens with two attached hydrogens (primary N) is 1. The minimum Gasteiger partial charge on any atom is -0.480 e. The predicted octanol–water partition coefficient (Wildman–Crippen LogP) is -1.47. The van der Waals surface area contributed by atoms with E-state index >= 15 is 0 Å². The van der Waals surface area contributed by atoms with Crippen molar-refractivity contribution >= 4 is 23.8 Å². The molecule has 0 aliphatic carbocycles. The first kappa shape index (κ1) is 19.6. The number of rotatable bonds is 9. The van der Waals surface area contributed by atoms with Crippen LogP contribution in [0.1, 0.15) is 19.8 Å². The van der Waals surface area contributed by atoms with Crippen molar-refractivity contribution < 1.29 is 29.0 Å². The molecule has 0 saturated heterocycles. The van der Waals surface area contributed by atoms with Crippen LogP contribution in [0.15, 0.2) is 12.2 Å². The highest BCUT2D eigenvalue weighted by atomic mass is 16.5. The monoisotopic (exact) mass is 315 g/mol. The Bertz CT molecular complexity index is 449. The Labute approximate surface area is 127 Å². The van der Waals surface area contributed by atoms with Crippen molar-refractivity contribution in [2.75, 3.05) is 13.7 Å². The molecule has 0 unspecified atom stereocenters. The van der Waals surface area contributed by atoms with E-state index in [-0.39, 0.29) is 6.54 Å². The number of methoxy groups -OCH3 is 1. The van der Waals surface area contributed by atoms with Crippen LogP contribution in [0.25, 0.3) is 0 Å². The van der Waals surface area contributed by atoms with Crippen LogP contribution in [0, 0.1) is 0 Å². The zero-order chi connectivity index (χ0) is 17.1. The Hall–Kier alpha value is -2.42. The lowest BCUT2D eigenvalue weighted by molar-refractivity contribution is -0.142. The molecule has 0 aromatic heterocycles. The van der Waals surface area contributed by atoms with Crippen molar-refractivity contribution in [3.8, 4) is 0 Å². The summed E-state index contributed by atoms with van der Waals surface area (Å²) >= 11 is 0. The van der Waals surface area contributed by atoms with Crippen molar-refractivity contribution in [2.24, 2.45) is 5.73 Å². The van der Waals surface area contributed by atoms with Gasteiger partial charge < -0.3 is 26.2 Å². The third kappa shape index (κ3) is 8.00. The molecule has 2 amide bonds. The van der Waals surface area contributed by atoms with Gasteiger partial charge in [-0.25, -0.2) is 9.59 Å². The molecule has 0 bridgehead atoms. The number of esters is 1. The summed E-state index contributed by atoms with van der Waals surface area (Å²) in [4.78, 5) is 44.9. The van der Waals surface area contributed by atoms with E-state index in [9.17, 15) is 19.2 Å². The molecule has 2 atom stereocenters. The van der Waals surface area contributed by atoms with Gasteiger partial charge in [-0.2, -0.15) is 0 Å². The summed E-state index contributed by atoms with van der Waals surface area (Å²) in [7, 11) is 1.15. The molecule has 22 heavy (non-hydrogen) atoms. The maximum atomic E-state index is 11.7. The van der Waals surface area contributed by atoms with Crippen molar-refractivity contribution in [1.82, 2.24) is 10.6 Å². The fourth-order valence-corrected chi connectivity index (χ4v) is 1.39. The molecule has 0 heterocycles. The minimum atomic E-state index is -1.31. The molecule has 0 spiro atoms. The van der Waals surface area contributed by atoms with E-state index in [0.29, 0.717) is 12.8 Å². The number of hydrogen-bond acceptors (Lipinski definition) is 6. The summed E-state index contributed by atoms with van der Waals surface area (Å²) in [5, 5.41) is 13.5. The van der Waals surface area contributed by atoms with Gasteiger partial charge in [-0.3, -0.25) is 9.59 Å². The Balaban J connectivity index is 4.45. The van der Waals surface area contributed by atoms with Crippen LogP contribution in [0.4, 0.5) is 0 Å². The average molecular weight is 315 g/mol. The van der Waals surface area contributed by atoms with Gasteiger partial charge in [0.15, 0.2) is 0 Å². The minimum absolute atomic E-state index is 0.343. The Morgan fingerprint density at radius 2 is 1.91 bits per heavy atom. The molecule has 0 radical (unpaired) electrons. The summed E-state index contributed by atoms with van der Waals surface area (Å²) in [6.07, 6.45) is 2.89. The first-order valence-corrected chi connectivity index (χ1v) is 6.64. The number of carbonyl (C=O) groups excluding carboxylic acids is 3. The maximum absolute atomic E-state index is 11.7. The van der Waals surface area contributed by atoms with Gasteiger partial charge in [0.25, 0.3) is 0 Å². The molecule has 0 fully saturated rings. The van der Waals surface area contributed by atoms with Gasteiger partial charge in [0, 0.05) is 18.7 Å². The fraction of sp³-hybridized carbons (Fsp3) is 0.538. The van der Waals surface area contributed by atoms with Gasteiger partial charge in [-0.05, 0) is 6.42 Å². The van der Waals surface area contributed by atoms with Crippen LogP contribution in [0.5, 0.6) is 0 Å². The van der Waals surface area contributed by atoms with Gasteiger partial charge >= 0.3 is 11.9 Å². The number of hydrogen-bond donors (Lipinski definition) is 4. The molecular formula is C13H21N3O6. The summed E-state index contributed by atoms with van der Waals surface area (Å²) in [6.45, 7) is 1.50. The maximum Gasteiger partial charge on any atom is 0.330 e. The van der Waals surface area contributed by atoms with Crippen LogP contribution >= 0.6 is 0 Å². The van der Waals surface area contributed by atoms with Crippen molar-refractivity contribution in [1.29, 1.82) is 0 Å². The SMILES string of the molecule is CCC[C@H](N)C(=O)N[C@@H](CNC(=O)/C=C\C(=O)OC)C(=O)O. The zero-order valence-electron chi connectivity index (χ0n) is 12.5. The topological polar surface area (TPSA) is 148 Å². The van der Waals surface area contributed by atoms with Gasteiger partial charge in [-0.1, -0.05) is 13.3 Å². The van der Waals surface area contributed by atoms with E-state index in [1.807, 2.05) is 6.92 Å². The number of aliphatic carboxylic acids is 1. The Morgan fingerprint density at radius 1 is 1.27 bits per heavy atom. The predicted molar refractivity (Wildman–Crippen MR) is 76.6 cm³/mol. The third-order valence-electron chi connectivity index (χ3n) is 2.60. The van der Waals surface area contributed by atoms with Crippen LogP contribution in [0.2, 0.25) is 0 Å². The van der Waals surface area contributed by atoms with Crippen molar-refractivity contribution in [3.05, 3.63) is 12.2 Å². The Kier molecular flexibility index (Phi) is 9.19. The normalized spacial score (nSPS) is 13.2. The molecule has 0 rings (SSSR count). The molecule has 5 N–H and O–H groups in total. The average Bonchev–Trinajstić information content (AvgIpc) is 2.48. The summed E-state index contributed by atoms with van der Waals surface area (Å²) < 4.78 is 4.30. The van der Waals surface area contributed by atoms with Gasteiger partial charge in [0.2, 0.25) is 11.8 Å². The lowest BCUT2D eigenvalue weighted by atomic mass is 10.1. The van der Waals surface area contributed by atoms with Crippen molar-refractivity contribution in [2.45, 2.75) is 31.8 Å². The van der Waals surface area contributed by atoms with Crippen molar-refractivity contribution in [3.63, 3.8) is 0 Å². The van der Waals surface area contributed by atoms with Gasteiger partial charge in [-0.15, -0.1) is 0 Å². The van der Waals surface area contributed by atoms with E-state index < -0.39 is 35.8 Å². The quantitative estimate of drug-likeness (QED) is 0.300. The number of ether oxygens (including phenoxy) is 1. The standard InChI is InChI=1S/C13H21N3O6/c1-3-4-8(14)12(19)16-9(13(20)21)7-15-10(17)5-6-11(18)22-2/h5-6,8-9H,3-4,7,14H2,1-2H3,(H,15,17)(H,16,19)(H,20,21)/b6-5-/t8-,9-/m0/s1. The number of carboxylic acids is 1. The summed E-state index contributed by atoms with van der Waals surface area (Å²) in [5.74, 6) is -3.32. The largest absolute Gasteiger partial charge is 0.480 e.